The van der Waals surface area contributed by atoms with Gasteiger partial charge in [0.2, 0.25) is 5.50 Å². The van der Waals surface area contributed by atoms with Crippen molar-refractivity contribution < 1.29 is 9.53 Å². The molecule has 1 aromatic carbocycles. The van der Waals surface area contributed by atoms with Crippen LogP contribution in [0.3, 0.4) is 0 Å². The Hall–Kier alpha value is -1.22. The average molecular weight is 214 g/mol. The molecule has 0 aromatic heterocycles. The molecule has 1 atom stereocenters. The van der Waals surface area contributed by atoms with Crippen LogP contribution in [-0.2, 0) is 9.53 Å². The monoisotopic (exact) mass is 213 g/mol. The number of anilines is 1. The number of hydrogen-bond donors (Lipinski definition) is 1. The summed E-state index contributed by atoms with van der Waals surface area (Å²) in [5.74, 6) is -0.460. The molecule has 0 spiro atoms. The Labute approximate surface area is 88.0 Å². The van der Waals surface area contributed by atoms with Crippen LogP contribution in [0.4, 0.5) is 5.69 Å². The molecule has 0 heterocycles. The van der Waals surface area contributed by atoms with E-state index in [0.29, 0.717) is 6.61 Å². The maximum atomic E-state index is 11.1. The standard InChI is InChI=1S/C10H12ClNO2/c1-2-14-10(13)9(11)12-8-6-4-3-5-7-8/h3-7,9,12H,2H2,1H3. The molecule has 0 radical (unpaired) electrons. The molecule has 0 bridgehead atoms. The summed E-state index contributed by atoms with van der Waals surface area (Å²) in [5.41, 5.74) is -0.0436. The summed E-state index contributed by atoms with van der Waals surface area (Å²) in [6.07, 6.45) is 0. The molecule has 0 aliphatic carbocycles. The lowest BCUT2D eigenvalue weighted by molar-refractivity contribution is -0.142. The number of rotatable bonds is 4. The van der Waals surface area contributed by atoms with E-state index in [1.165, 1.54) is 0 Å². The second-order valence-electron chi connectivity index (χ2n) is 2.62. The van der Waals surface area contributed by atoms with Gasteiger partial charge in [-0.3, -0.25) is 0 Å². The Morgan fingerprint density at radius 1 is 1.50 bits per heavy atom. The van der Waals surface area contributed by atoms with E-state index in [2.05, 4.69) is 5.32 Å². The summed E-state index contributed by atoms with van der Waals surface area (Å²) >= 11 is 5.76. The Balaban J connectivity index is 2.49. The van der Waals surface area contributed by atoms with E-state index in [-0.39, 0.29) is 0 Å². The lowest BCUT2D eigenvalue weighted by atomic mass is 10.3. The smallest absolute Gasteiger partial charge is 0.344 e. The van der Waals surface area contributed by atoms with Crippen molar-refractivity contribution in [2.24, 2.45) is 0 Å². The normalized spacial score (nSPS) is 11.9. The predicted molar refractivity (Wildman–Crippen MR) is 56.3 cm³/mol. The number of carbonyl (C=O) groups is 1. The highest BCUT2D eigenvalue weighted by atomic mass is 35.5. The van der Waals surface area contributed by atoms with Crippen molar-refractivity contribution in [1.82, 2.24) is 0 Å². The highest BCUT2D eigenvalue weighted by Crippen LogP contribution is 2.09. The van der Waals surface area contributed by atoms with Crippen molar-refractivity contribution in [2.75, 3.05) is 11.9 Å². The Morgan fingerprint density at radius 3 is 2.71 bits per heavy atom. The Morgan fingerprint density at radius 2 is 2.14 bits per heavy atom. The SMILES string of the molecule is CCOC(=O)C(Cl)Nc1ccccc1. The van der Waals surface area contributed by atoms with Crippen LogP contribution in [0.25, 0.3) is 0 Å². The fourth-order valence-electron chi connectivity index (χ4n) is 0.955. The first kappa shape index (κ1) is 10.9. The third kappa shape index (κ3) is 3.26. The maximum Gasteiger partial charge on any atom is 0.344 e. The van der Waals surface area contributed by atoms with Gasteiger partial charge in [-0.2, -0.15) is 0 Å². The molecule has 1 rings (SSSR count). The van der Waals surface area contributed by atoms with Crippen LogP contribution in [0.5, 0.6) is 0 Å². The van der Waals surface area contributed by atoms with Gasteiger partial charge in [0, 0.05) is 5.69 Å². The van der Waals surface area contributed by atoms with Crippen molar-refractivity contribution >= 4 is 23.3 Å². The van der Waals surface area contributed by atoms with Gasteiger partial charge in [-0.1, -0.05) is 29.8 Å². The Kier molecular flexibility index (Phi) is 4.26. The first-order valence-corrected chi connectivity index (χ1v) is 4.80. The highest BCUT2D eigenvalue weighted by Gasteiger charge is 2.15. The number of benzene rings is 1. The summed E-state index contributed by atoms with van der Waals surface area (Å²) in [5, 5.41) is 2.82. The number of nitrogens with one attached hydrogen (secondary N) is 1. The molecule has 0 saturated carbocycles. The van der Waals surface area contributed by atoms with E-state index in [9.17, 15) is 4.79 Å². The van der Waals surface area contributed by atoms with Crippen molar-refractivity contribution in [3.63, 3.8) is 0 Å². The minimum Gasteiger partial charge on any atom is -0.464 e. The van der Waals surface area contributed by atoms with Gasteiger partial charge in [-0.25, -0.2) is 4.79 Å². The van der Waals surface area contributed by atoms with Gasteiger partial charge in [0.15, 0.2) is 0 Å². The largest absolute Gasteiger partial charge is 0.464 e. The molecule has 0 fully saturated rings. The molecule has 1 unspecified atom stereocenters. The van der Waals surface area contributed by atoms with E-state index >= 15 is 0 Å². The van der Waals surface area contributed by atoms with Crippen molar-refractivity contribution in [3.05, 3.63) is 30.3 Å². The Bertz CT molecular complexity index is 289. The number of ether oxygens (including phenoxy) is 1. The van der Waals surface area contributed by atoms with E-state index in [0.717, 1.165) is 5.69 Å². The maximum absolute atomic E-state index is 11.1. The summed E-state index contributed by atoms with van der Waals surface area (Å²) in [6, 6.07) is 9.26. The summed E-state index contributed by atoms with van der Waals surface area (Å²) in [6.45, 7) is 2.07. The molecule has 76 valence electrons. The molecule has 1 aromatic rings. The van der Waals surface area contributed by atoms with Crippen molar-refractivity contribution in [2.45, 2.75) is 12.4 Å². The topological polar surface area (TPSA) is 38.3 Å². The lowest BCUT2D eigenvalue weighted by Crippen LogP contribution is -2.25. The quantitative estimate of drug-likeness (QED) is 0.474. The molecule has 3 nitrogen and oxygen atoms in total. The number of esters is 1. The zero-order chi connectivity index (χ0) is 10.4. The van der Waals surface area contributed by atoms with Gasteiger partial charge in [0.25, 0.3) is 0 Å². The van der Waals surface area contributed by atoms with Crippen LogP contribution in [0.1, 0.15) is 6.92 Å². The van der Waals surface area contributed by atoms with Crippen LogP contribution < -0.4 is 5.32 Å². The van der Waals surface area contributed by atoms with E-state index in [4.69, 9.17) is 16.3 Å². The van der Waals surface area contributed by atoms with Crippen LogP contribution in [0.2, 0.25) is 0 Å². The first-order valence-electron chi connectivity index (χ1n) is 4.36. The molecule has 14 heavy (non-hydrogen) atoms. The summed E-state index contributed by atoms with van der Waals surface area (Å²) in [4.78, 5) is 11.1. The average Bonchev–Trinajstić information content (AvgIpc) is 2.19. The van der Waals surface area contributed by atoms with Crippen LogP contribution in [-0.4, -0.2) is 18.1 Å². The van der Waals surface area contributed by atoms with Gasteiger partial charge in [0.05, 0.1) is 6.61 Å². The van der Waals surface area contributed by atoms with Gasteiger partial charge in [-0.05, 0) is 19.1 Å². The molecule has 0 amide bonds. The number of hydrogen-bond acceptors (Lipinski definition) is 3. The fourth-order valence-corrected chi connectivity index (χ4v) is 1.14. The third-order valence-electron chi connectivity index (χ3n) is 1.56. The summed E-state index contributed by atoms with van der Waals surface area (Å²) in [7, 11) is 0. The second-order valence-corrected chi connectivity index (χ2v) is 3.06. The minimum absolute atomic E-state index is 0.332. The van der Waals surface area contributed by atoms with Crippen LogP contribution >= 0.6 is 11.6 Å². The van der Waals surface area contributed by atoms with E-state index in [1.807, 2.05) is 30.3 Å². The molecule has 0 aliphatic rings. The molecular formula is C10H12ClNO2. The van der Waals surface area contributed by atoms with Crippen molar-refractivity contribution in [1.29, 1.82) is 0 Å². The zero-order valence-corrected chi connectivity index (χ0v) is 8.62. The zero-order valence-electron chi connectivity index (χ0n) is 7.87. The van der Waals surface area contributed by atoms with Gasteiger partial charge >= 0.3 is 5.97 Å². The number of para-hydroxylation sites is 1. The minimum atomic E-state index is -0.836. The molecule has 1 N–H and O–H groups in total. The third-order valence-corrected chi connectivity index (χ3v) is 1.85. The summed E-state index contributed by atoms with van der Waals surface area (Å²) < 4.78 is 4.74. The molecule has 0 saturated heterocycles. The van der Waals surface area contributed by atoms with Crippen LogP contribution in [0.15, 0.2) is 30.3 Å². The van der Waals surface area contributed by atoms with Crippen molar-refractivity contribution in [3.8, 4) is 0 Å². The fraction of sp³-hybridized carbons (Fsp3) is 0.300. The predicted octanol–water partition coefficient (Wildman–Crippen LogP) is 2.23. The van der Waals surface area contributed by atoms with E-state index < -0.39 is 11.5 Å². The molecule has 0 aliphatic heterocycles. The van der Waals surface area contributed by atoms with Gasteiger partial charge in [0.1, 0.15) is 0 Å². The highest BCUT2D eigenvalue weighted by molar-refractivity contribution is 6.31. The lowest BCUT2D eigenvalue weighted by Gasteiger charge is -2.11. The van der Waals surface area contributed by atoms with Gasteiger partial charge in [-0.15, -0.1) is 0 Å². The van der Waals surface area contributed by atoms with Crippen LogP contribution in [0, 0.1) is 0 Å². The number of halogens is 1. The van der Waals surface area contributed by atoms with E-state index in [1.54, 1.807) is 6.92 Å². The number of carbonyl (C=O) groups excluding carboxylic acids is 1. The molecule has 4 heteroatoms. The second kappa shape index (κ2) is 5.50. The molecular weight excluding hydrogens is 202 g/mol. The first-order chi connectivity index (χ1) is 6.74. The van der Waals surface area contributed by atoms with Gasteiger partial charge < -0.3 is 10.1 Å². The number of alkyl halides is 1.